The predicted octanol–water partition coefficient (Wildman–Crippen LogP) is 1.60. The largest absolute Gasteiger partial charge is 0.489 e. The van der Waals surface area contributed by atoms with Crippen LogP contribution in [0.1, 0.15) is 12.5 Å². The summed E-state index contributed by atoms with van der Waals surface area (Å²) >= 11 is 0. The minimum absolute atomic E-state index is 0.264. The van der Waals surface area contributed by atoms with Gasteiger partial charge in [0, 0.05) is 6.04 Å². The fraction of sp³-hybridized carbons (Fsp3) is 0.455. The first-order valence-corrected chi connectivity index (χ1v) is 4.73. The summed E-state index contributed by atoms with van der Waals surface area (Å²) in [6, 6.07) is 8.69. The Morgan fingerprint density at radius 2 is 2.15 bits per heavy atom. The van der Waals surface area contributed by atoms with E-state index in [9.17, 15) is 0 Å². The number of hydrogen-bond acceptors (Lipinski definition) is 2. The van der Waals surface area contributed by atoms with Crippen molar-refractivity contribution >= 4 is 0 Å². The van der Waals surface area contributed by atoms with Gasteiger partial charge in [-0.25, -0.2) is 0 Å². The van der Waals surface area contributed by atoms with E-state index in [1.807, 2.05) is 19.2 Å². The lowest BCUT2D eigenvalue weighted by Gasteiger charge is -2.31. The van der Waals surface area contributed by atoms with E-state index in [1.165, 1.54) is 5.56 Å². The summed E-state index contributed by atoms with van der Waals surface area (Å²) in [7, 11) is 1.98. The summed E-state index contributed by atoms with van der Waals surface area (Å²) in [5.41, 5.74) is 1.31. The third-order valence-electron chi connectivity index (χ3n) is 2.66. The van der Waals surface area contributed by atoms with Crippen LogP contribution in [0.25, 0.3) is 0 Å². The molecule has 1 aliphatic rings. The van der Waals surface area contributed by atoms with E-state index in [-0.39, 0.29) is 6.10 Å². The van der Waals surface area contributed by atoms with Crippen molar-refractivity contribution in [1.82, 2.24) is 5.32 Å². The van der Waals surface area contributed by atoms with E-state index in [1.54, 1.807) is 0 Å². The molecule has 0 spiro atoms. The molecular weight excluding hydrogens is 162 g/mol. The number of benzene rings is 1. The van der Waals surface area contributed by atoms with Crippen molar-refractivity contribution in [2.24, 2.45) is 0 Å². The normalized spacial score (nSPS) is 26.3. The number of ether oxygens (including phenoxy) is 1. The van der Waals surface area contributed by atoms with Gasteiger partial charge >= 0.3 is 0 Å². The topological polar surface area (TPSA) is 21.3 Å². The molecule has 2 rings (SSSR count). The van der Waals surface area contributed by atoms with Gasteiger partial charge in [-0.15, -0.1) is 0 Å². The maximum atomic E-state index is 5.77. The second kappa shape index (κ2) is 3.38. The van der Waals surface area contributed by atoms with Crippen LogP contribution in [0, 0.1) is 0 Å². The molecular formula is C11H15NO. The maximum Gasteiger partial charge on any atom is 0.123 e. The lowest BCUT2D eigenvalue weighted by Crippen LogP contribution is -2.43. The van der Waals surface area contributed by atoms with Gasteiger partial charge in [0.25, 0.3) is 0 Å². The van der Waals surface area contributed by atoms with Crippen molar-refractivity contribution in [3.05, 3.63) is 29.8 Å². The zero-order valence-corrected chi connectivity index (χ0v) is 8.08. The van der Waals surface area contributed by atoms with Gasteiger partial charge in [0.15, 0.2) is 0 Å². The summed E-state index contributed by atoms with van der Waals surface area (Å²) in [5, 5.41) is 3.27. The quantitative estimate of drug-likeness (QED) is 0.703. The van der Waals surface area contributed by atoms with Gasteiger partial charge in [0.1, 0.15) is 11.9 Å². The first kappa shape index (κ1) is 8.57. The zero-order chi connectivity index (χ0) is 9.26. The van der Waals surface area contributed by atoms with Crippen LogP contribution in [0.4, 0.5) is 0 Å². The number of likely N-dealkylation sites (N-methyl/N-ethyl adjacent to an activating group) is 1. The SMILES string of the molecule is CN[C@@H]1Cc2ccccc2O[C@@H]1C. The average molecular weight is 177 g/mol. The second-order valence-electron chi connectivity index (χ2n) is 3.53. The van der Waals surface area contributed by atoms with Crippen molar-refractivity contribution in [3.63, 3.8) is 0 Å². The van der Waals surface area contributed by atoms with E-state index in [4.69, 9.17) is 4.74 Å². The molecule has 1 heterocycles. The van der Waals surface area contributed by atoms with Gasteiger partial charge in [-0.2, -0.15) is 0 Å². The highest BCUT2D eigenvalue weighted by Crippen LogP contribution is 2.26. The number of fused-ring (bicyclic) bond motifs is 1. The van der Waals surface area contributed by atoms with Crippen molar-refractivity contribution in [2.75, 3.05) is 7.05 Å². The first-order chi connectivity index (χ1) is 6.31. The molecule has 1 aromatic carbocycles. The fourth-order valence-corrected chi connectivity index (χ4v) is 1.81. The van der Waals surface area contributed by atoms with Crippen molar-refractivity contribution < 1.29 is 4.74 Å². The molecule has 0 radical (unpaired) electrons. The Balaban J connectivity index is 2.27. The predicted molar refractivity (Wildman–Crippen MR) is 53.1 cm³/mol. The minimum Gasteiger partial charge on any atom is -0.489 e. The summed E-state index contributed by atoms with van der Waals surface area (Å²) in [6.07, 6.45) is 1.33. The van der Waals surface area contributed by atoms with E-state index >= 15 is 0 Å². The molecule has 2 atom stereocenters. The van der Waals surface area contributed by atoms with E-state index in [0.717, 1.165) is 12.2 Å². The third-order valence-corrected chi connectivity index (χ3v) is 2.66. The molecule has 0 aliphatic carbocycles. The molecule has 1 aromatic rings. The maximum absolute atomic E-state index is 5.77. The highest BCUT2D eigenvalue weighted by molar-refractivity contribution is 5.36. The summed E-state index contributed by atoms with van der Waals surface area (Å²) in [4.78, 5) is 0. The molecule has 2 nitrogen and oxygen atoms in total. The minimum atomic E-state index is 0.264. The van der Waals surface area contributed by atoms with Crippen LogP contribution in [0.3, 0.4) is 0 Å². The molecule has 70 valence electrons. The standard InChI is InChI=1S/C11H15NO/c1-8-10(12-2)7-9-5-3-4-6-11(9)13-8/h3-6,8,10,12H,7H2,1-2H3/t8-,10-/m1/s1. The third kappa shape index (κ3) is 1.54. The summed E-state index contributed by atoms with van der Waals surface area (Å²) < 4.78 is 5.77. The Bertz CT molecular complexity index is 298. The fourth-order valence-electron chi connectivity index (χ4n) is 1.81. The lowest BCUT2D eigenvalue weighted by molar-refractivity contribution is 0.154. The Morgan fingerprint density at radius 1 is 1.38 bits per heavy atom. The average Bonchev–Trinajstić information content (AvgIpc) is 2.17. The number of nitrogens with one attached hydrogen (secondary N) is 1. The molecule has 0 saturated heterocycles. The molecule has 0 saturated carbocycles. The van der Waals surface area contributed by atoms with Crippen LogP contribution in [0.15, 0.2) is 24.3 Å². The van der Waals surface area contributed by atoms with Crippen molar-refractivity contribution in [3.8, 4) is 5.75 Å². The molecule has 1 N–H and O–H groups in total. The van der Waals surface area contributed by atoms with Gasteiger partial charge in [-0.3, -0.25) is 0 Å². The van der Waals surface area contributed by atoms with Crippen LogP contribution in [-0.4, -0.2) is 19.2 Å². The van der Waals surface area contributed by atoms with Gasteiger partial charge in [-0.05, 0) is 32.0 Å². The van der Waals surface area contributed by atoms with E-state index in [0.29, 0.717) is 6.04 Å². The van der Waals surface area contributed by atoms with Crippen LogP contribution in [-0.2, 0) is 6.42 Å². The summed E-state index contributed by atoms with van der Waals surface area (Å²) in [5.74, 6) is 1.04. The van der Waals surface area contributed by atoms with Gasteiger partial charge in [0.05, 0.1) is 0 Å². The highest BCUT2D eigenvalue weighted by atomic mass is 16.5. The van der Waals surface area contributed by atoms with Crippen LogP contribution in [0.5, 0.6) is 5.75 Å². The molecule has 1 aliphatic heterocycles. The Labute approximate surface area is 78.9 Å². The number of hydrogen-bond donors (Lipinski definition) is 1. The van der Waals surface area contributed by atoms with Gasteiger partial charge < -0.3 is 10.1 Å². The first-order valence-electron chi connectivity index (χ1n) is 4.73. The molecule has 13 heavy (non-hydrogen) atoms. The Hall–Kier alpha value is -1.02. The van der Waals surface area contributed by atoms with Gasteiger partial charge in [-0.1, -0.05) is 18.2 Å². The smallest absolute Gasteiger partial charge is 0.123 e. The second-order valence-corrected chi connectivity index (χ2v) is 3.53. The Kier molecular flexibility index (Phi) is 2.23. The van der Waals surface area contributed by atoms with Crippen molar-refractivity contribution in [2.45, 2.75) is 25.5 Å². The number of rotatable bonds is 1. The zero-order valence-electron chi connectivity index (χ0n) is 8.08. The van der Waals surface area contributed by atoms with E-state index < -0.39 is 0 Å². The molecule has 0 bridgehead atoms. The Morgan fingerprint density at radius 3 is 2.92 bits per heavy atom. The van der Waals surface area contributed by atoms with Crippen LogP contribution in [0.2, 0.25) is 0 Å². The molecule has 0 aromatic heterocycles. The molecule has 0 unspecified atom stereocenters. The molecule has 0 amide bonds. The number of para-hydroxylation sites is 1. The van der Waals surface area contributed by atoms with Crippen LogP contribution < -0.4 is 10.1 Å². The monoisotopic (exact) mass is 177 g/mol. The van der Waals surface area contributed by atoms with Gasteiger partial charge in [0.2, 0.25) is 0 Å². The molecule has 0 fully saturated rings. The summed E-state index contributed by atoms with van der Waals surface area (Å²) in [6.45, 7) is 2.11. The molecule has 2 heteroatoms. The highest BCUT2D eigenvalue weighted by Gasteiger charge is 2.24. The van der Waals surface area contributed by atoms with E-state index in [2.05, 4.69) is 24.4 Å². The lowest BCUT2D eigenvalue weighted by atomic mass is 9.98. The van der Waals surface area contributed by atoms with Crippen molar-refractivity contribution in [1.29, 1.82) is 0 Å². The van der Waals surface area contributed by atoms with Crippen LogP contribution >= 0.6 is 0 Å².